The van der Waals surface area contributed by atoms with Crippen molar-refractivity contribution in [2.24, 2.45) is 0 Å². The Kier molecular flexibility index (Phi) is 7.76. The van der Waals surface area contributed by atoms with Gasteiger partial charge in [-0.1, -0.05) is 36.7 Å². The second-order valence-electron chi connectivity index (χ2n) is 5.86. The van der Waals surface area contributed by atoms with Crippen LogP contribution in [0.4, 0.5) is 11.4 Å². The normalized spacial score (nSPS) is 10.2. The number of halogens is 1. The van der Waals surface area contributed by atoms with Gasteiger partial charge in [0.15, 0.2) is 6.61 Å². The van der Waals surface area contributed by atoms with E-state index < -0.39 is 23.4 Å². The smallest absolute Gasteiger partial charge is 0.338 e. The minimum atomic E-state index is -0.813. The number of ether oxygens (including phenoxy) is 1. The highest BCUT2D eigenvalue weighted by atomic mass is 35.5. The van der Waals surface area contributed by atoms with Crippen LogP contribution in [0.15, 0.2) is 42.5 Å². The first-order valence-electron chi connectivity index (χ1n) is 8.62. The van der Waals surface area contributed by atoms with Crippen LogP contribution in [-0.2, 0) is 16.1 Å². The molecule has 0 aliphatic carbocycles. The van der Waals surface area contributed by atoms with Gasteiger partial charge < -0.3 is 15.4 Å². The minimum Gasteiger partial charge on any atom is -0.452 e. The number of carbonyl (C=O) groups excluding carboxylic acids is 2. The summed E-state index contributed by atoms with van der Waals surface area (Å²) in [5.41, 5.74) is 0.720. The van der Waals surface area contributed by atoms with Crippen LogP contribution in [0.25, 0.3) is 0 Å². The molecule has 9 heteroatoms. The number of hydrogen-bond acceptors (Lipinski definition) is 6. The number of rotatable bonds is 9. The molecule has 0 bridgehead atoms. The molecule has 2 N–H and O–H groups in total. The monoisotopic (exact) mass is 405 g/mol. The van der Waals surface area contributed by atoms with Crippen molar-refractivity contribution in [1.82, 2.24) is 5.32 Å². The minimum absolute atomic E-state index is 0.0155. The zero-order valence-corrected chi connectivity index (χ0v) is 16.0. The van der Waals surface area contributed by atoms with E-state index in [1.165, 1.54) is 12.1 Å². The van der Waals surface area contributed by atoms with Gasteiger partial charge >= 0.3 is 5.97 Å². The van der Waals surface area contributed by atoms with E-state index in [0.717, 1.165) is 18.1 Å². The van der Waals surface area contributed by atoms with Crippen molar-refractivity contribution in [2.45, 2.75) is 19.9 Å². The number of nitrogens with zero attached hydrogens (tertiary/aromatic N) is 1. The van der Waals surface area contributed by atoms with Gasteiger partial charge in [-0.2, -0.15) is 0 Å². The highest BCUT2D eigenvalue weighted by Gasteiger charge is 2.19. The van der Waals surface area contributed by atoms with E-state index in [0.29, 0.717) is 11.6 Å². The van der Waals surface area contributed by atoms with Crippen LogP contribution in [0.1, 0.15) is 29.3 Å². The molecule has 0 fully saturated rings. The Morgan fingerprint density at radius 3 is 2.64 bits per heavy atom. The van der Waals surface area contributed by atoms with E-state index in [9.17, 15) is 19.7 Å². The lowest BCUT2D eigenvalue weighted by molar-refractivity contribution is -0.384. The summed E-state index contributed by atoms with van der Waals surface area (Å²) in [6.45, 7) is 2.21. The van der Waals surface area contributed by atoms with Gasteiger partial charge in [0.1, 0.15) is 5.69 Å². The molecule has 0 spiro atoms. The fraction of sp³-hybridized carbons (Fsp3) is 0.263. The van der Waals surface area contributed by atoms with Crippen molar-refractivity contribution in [3.05, 3.63) is 68.7 Å². The van der Waals surface area contributed by atoms with Gasteiger partial charge in [-0.3, -0.25) is 14.9 Å². The highest BCUT2D eigenvalue weighted by molar-refractivity contribution is 6.31. The third-order valence-electron chi connectivity index (χ3n) is 3.76. The number of carbonyl (C=O) groups is 2. The van der Waals surface area contributed by atoms with Gasteiger partial charge in [-0.15, -0.1) is 0 Å². The summed E-state index contributed by atoms with van der Waals surface area (Å²) in [6.07, 6.45) is 0.758. The maximum Gasteiger partial charge on any atom is 0.338 e. The highest BCUT2D eigenvalue weighted by Crippen LogP contribution is 2.27. The number of anilines is 1. The number of hydrogen-bond donors (Lipinski definition) is 2. The summed E-state index contributed by atoms with van der Waals surface area (Å²) < 4.78 is 4.90. The molecule has 2 rings (SSSR count). The predicted octanol–water partition coefficient (Wildman–Crippen LogP) is 3.54. The van der Waals surface area contributed by atoms with E-state index >= 15 is 0 Å². The van der Waals surface area contributed by atoms with Crippen molar-refractivity contribution < 1.29 is 19.2 Å². The first-order chi connectivity index (χ1) is 13.4. The molecular formula is C19H20ClN3O5. The van der Waals surface area contributed by atoms with Crippen molar-refractivity contribution >= 4 is 34.9 Å². The number of nitrogens with one attached hydrogen (secondary N) is 2. The zero-order chi connectivity index (χ0) is 20.5. The quantitative estimate of drug-likeness (QED) is 0.375. The molecule has 0 aliphatic heterocycles. The number of nitro benzene ring substituents is 1. The van der Waals surface area contributed by atoms with E-state index in [4.69, 9.17) is 16.3 Å². The average molecular weight is 406 g/mol. The van der Waals surface area contributed by atoms with Gasteiger partial charge in [0.05, 0.1) is 10.5 Å². The van der Waals surface area contributed by atoms with Crippen LogP contribution in [0.2, 0.25) is 5.02 Å². The Labute approximate surface area is 167 Å². The lowest BCUT2D eigenvalue weighted by Crippen LogP contribution is -2.29. The topological polar surface area (TPSA) is 111 Å². The first-order valence-corrected chi connectivity index (χ1v) is 8.99. The molecule has 0 atom stereocenters. The summed E-state index contributed by atoms with van der Waals surface area (Å²) in [5, 5.41) is 17.4. The van der Waals surface area contributed by atoms with Crippen LogP contribution in [0.5, 0.6) is 0 Å². The molecule has 2 aromatic carbocycles. The summed E-state index contributed by atoms with van der Waals surface area (Å²) in [7, 11) is 0. The fourth-order valence-corrected chi connectivity index (χ4v) is 2.52. The van der Waals surface area contributed by atoms with Crippen LogP contribution in [0, 0.1) is 10.1 Å². The Balaban J connectivity index is 2.07. The van der Waals surface area contributed by atoms with Crippen molar-refractivity contribution in [3.63, 3.8) is 0 Å². The largest absolute Gasteiger partial charge is 0.452 e. The second kappa shape index (κ2) is 10.3. The van der Waals surface area contributed by atoms with Gasteiger partial charge in [0, 0.05) is 24.2 Å². The number of benzene rings is 2. The molecule has 0 heterocycles. The molecule has 8 nitrogen and oxygen atoms in total. The molecule has 148 valence electrons. The lowest BCUT2D eigenvalue weighted by atomic mass is 10.1. The van der Waals surface area contributed by atoms with E-state index in [2.05, 4.69) is 10.6 Å². The molecule has 0 radical (unpaired) electrons. The molecule has 28 heavy (non-hydrogen) atoms. The van der Waals surface area contributed by atoms with E-state index in [1.807, 2.05) is 13.0 Å². The third-order valence-corrected chi connectivity index (χ3v) is 4.13. The van der Waals surface area contributed by atoms with Crippen LogP contribution < -0.4 is 10.6 Å². The van der Waals surface area contributed by atoms with Crippen molar-refractivity contribution in [3.8, 4) is 0 Å². The van der Waals surface area contributed by atoms with Crippen LogP contribution in [-0.4, -0.2) is 30.0 Å². The number of esters is 1. The summed E-state index contributed by atoms with van der Waals surface area (Å²) >= 11 is 6.08. The Hall–Kier alpha value is -3.13. The van der Waals surface area contributed by atoms with Gasteiger partial charge in [-0.25, -0.2) is 4.79 Å². The maximum absolute atomic E-state index is 12.1. The lowest BCUT2D eigenvalue weighted by Gasteiger charge is -2.10. The fourth-order valence-electron chi connectivity index (χ4n) is 2.32. The number of nitro groups is 1. The molecule has 0 aliphatic rings. The van der Waals surface area contributed by atoms with Crippen LogP contribution in [0.3, 0.4) is 0 Å². The molecular weight excluding hydrogens is 386 g/mol. The molecule has 0 saturated carbocycles. The molecule has 2 aromatic rings. The molecule has 0 unspecified atom stereocenters. The van der Waals surface area contributed by atoms with E-state index in [1.54, 1.807) is 18.2 Å². The summed E-state index contributed by atoms with van der Waals surface area (Å²) in [5.74, 6) is -1.24. The van der Waals surface area contributed by atoms with Crippen LogP contribution >= 0.6 is 11.6 Å². The predicted molar refractivity (Wildman–Crippen MR) is 105 cm³/mol. The molecule has 0 aromatic heterocycles. The second-order valence-corrected chi connectivity index (χ2v) is 6.27. The zero-order valence-electron chi connectivity index (χ0n) is 15.2. The Morgan fingerprint density at radius 1 is 1.21 bits per heavy atom. The third kappa shape index (κ3) is 5.95. The number of amides is 1. The standard InChI is InChI=1S/C19H20ClN3O5/c1-2-9-21-18(24)12-28-19(25)13-7-8-16(17(10-13)23(26)27)22-11-14-5-3-4-6-15(14)20/h3-8,10,22H,2,9,11-12H2,1H3,(H,21,24). The maximum atomic E-state index is 12.1. The molecule has 1 amide bonds. The van der Waals surface area contributed by atoms with Gasteiger partial charge in [-0.05, 0) is 30.2 Å². The van der Waals surface area contributed by atoms with Gasteiger partial charge in [0.25, 0.3) is 11.6 Å². The molecule has 0 saturated heterocycles. The Morgan fingerprint density at radius 2 is 1.96 bits per heavy atom. The first kappa shape index (κ1) is 21.2. The van der Waals surface area contributed by atoms with Crippen molar-refractivity contribution in [2.75, 3.05) is 18.5 Å². The SMILES string of the molecule is CCCNC(=O)COC(=O)c1ccc(NCc2ccccc2Cl)c([N+](=O)[O-])c1. The summed E-state index contributed by atoms with van der Waals surface area (Å²) in [4.78, 5) is 34.4. The Bertz CT molecular complexity index is 872. The van der Waals surface area contributed by atoms with Gasteiger partial charge in [0.2, 0.25) is 0 Å². The van der Waals surface area contributed by atoms with E-state index in [-0.39, 0.29) is 23.5 Å². The summed E-state index contributed by atoms with van der Waals surface area (Å²) in [6, 6.07) is 11.1. The van der Waals surface area contributed by atoms with Crippen molar-refractivity contribution in [1.29, 1.82) is 0 Å². The average Bonchev–Trinajstić information content (AvgIpc) is 2.69.